The third kappa shape index (κ3) is 11.4. The topological polar surface area (TPSA) is 101 Å². The highest BCUT2D eigenvalue weighted by molar-refractivity contribution is 8.28. The van der Waals surface area contributed by atoms with Crippen molar-refractivity contribution in [2.45, 2.75) is 110 Å². The Labute approximate surface area is 231 Å². The van der Waals surface area contributed by atoms with E-state index in [4.69, 9.17) is 16.9 Å². The second kappa shape index (κ2) is 17.9. The Bertz CT molecular complexity index is 891. The van der Waals surface area contributed by atoms with E-state index in [1.807, 2.05) is 45.0 Å². The van der Waals surface area contributed by atoms with Gasteiger partial charge in [-0.3, -0.25) is 14.4 Å². The number of benzene rings is 1. The van der Waals surface area contributed by atoms with Crippen LogP contribution in [-0.4, -0.2) is 47.9 Å². The molecule has 0 heterocycles. The molecule has 0 spiro atoms. The molecular weight excluding hydrogens is 502 g/mol. The number of unbranched alkanes of at least 4 members (excludes halogenated alkanes) is 2. The highest BCUT2D eigenvalue weighted by atomic mass is 32.8. The lowest BCUT2D eigenvalue weighted by molar-refractivity contribution is -0.129. The lowest BCUT2D eigenvalue weighted by Crippen LogP contribution is -2.53. The lowest BCUT2D eigenvalue weighted by atomic mass is 9.90. The SMILES string of the molecule is CCCC[C@H](NCC(=O)[C@H](CCCC)NC(=O)[C@@H](N)[C@H](C)C(C)C)C(=O)Cc1ccccc1S(=S)CC. The molecule has 1 rings (SSSR count). The van der Waals surface area contributed by atoms with Gasteiger partial charge in [0.25, 0.3) is 0 Å². The molecule has 37 heavy (non-hydrogen) atoms. The first-order chi connectivity index (χ1) is 17.6. The molecule has 5 atom stereocenters. The van der Waals surface area contributed by atoms with E-state index in [2.05, 4.69) is 31.4 Å². The number of carbonyl (C=O) groups excluding carboxylic acids is 3. The van der Waals surface area contributed by atoms with Crippen molar-refractivity contribution in [3.05, 3.63) is 29.8 Å². The van der Waals surface area contributed by atoms with Gasteiger partial charge in [-0.2, -0.15) is 0 Å². The number of hydrogen-bond acceptors (Lipinski definition) is 6. The van der Waals surface area contributed by atoms with Gasteiger partial charge in [0.1, 0.15) is 0 Å². The van der Waals surface area contributed by atoms with E-state index in [0.29, 0.717) is 19.3 Å². The summed E-state index contributed by atoms with van der Waals surface area (Å²) in [5.74, 6) is 0.786. The number of Topliss-reactive ketones (excluding diaryl/α,β-unsaturated/α-hetero) is 2. The molecule has 0 fully saturated rings. The summed E-state index contributed by atoms with van der Waals surface area (Å²) >= 11 is 5.63. The quantitative estimate of drug-likeness (QED) is 0.237. The Hall–Kier alpha value is -1.48. The van der Waals surface area contributed by atoms with Crippen LogP contribution in [0.2, 0.25) is 0 Å². The Morgan fingerprint density at radius 1 is 0.946 bits per heavy atom. The van der Waals surface area contributed by atoms with Gasteiger partial charge in [-0.15, -0.1) is 0 Å². The van der Waals surface area contributed by atoms with Gasteiger partial charge in [0, 0.05) is 11.3 Å². The van der Waals surface area contributed by atoms with Crippen molar-refractivity contribution >= 4 is 38.1 Å². The van der Waals surface area contributed by atoms with Crippen LogP contribution < -0.4 is 16.4 Å². The second-order valence-electron chi connectivity index (χ2n) is 10.3. The Kier molecular flexibility index (Phi) is 16.3. The first-order valence-corrected chi connectivity index (χ1v) is 16.2. The van der Waals surface area contributed by atoms with Crippen molar-refractivity contribution in [2.24, 2.45) is 17.6 Å². The van der Waals surface area contributed by atoms with Crippen LogP contribution in [-0.2, 0) is 41.4 Å². The van der Waals surface area contributed by atoms with E-state index < -0.39 is 18.1 Å². The fourth-order valence-electron chi connectivity index (χ4n) is 4.11. The average Bonchev–Trinajstić information content (AvgIpc) is 2.89. The maximum Gasteiger partial charge on any atom is 0.237 e. The molecule has 0 radical (unpaired) electrons. The molecule has 8 heteroatoms. The number of nitrogens with two attached hydrogens (primary N) is 1. The van der Waals surface area contributed by atoms with Gasteiger partial charge in [-0.05, 0) is 53.2 Å². The fourth-order valence-corrected chi connectivity index (χ4v) is 5.58. The largest absolute Gasteiger partial charge is 0.345 e. The van der Waals surface area contributed by atoms with Gasteiger partial charge in [-0.1, -0.05) is 94.9 Å². The molecule has 0 aliphatic heterocycles. The summed E-state index contributed by atoms with van der Waals surface area (Å²) < 4.78 is 0. The highest BCUT2D eigenvalue weighted by Crippen LogP contribution is 2.17. The van der Waals surface area contributed by atoms with Gasteiger partial charge in [0.05, 0.1) is 24.7 Å². The zero-order valence-corrected chi connectivity index (χ0v) is 25.3. The highest BCUT2D eigenvalue weighted by Gasteiger charge is 2.28. The van der Waals surface area contributed by atoms with Crippen LogP contribution in [0.25, 0.3) is 0 Å². The van der Waals surface area contributed by atoms with Crippen molar-refractivity contribution in [1.82, 2.24) is 10.6 Å². The first-order valence-electron chi connectivity index (χ1n) is 13.9. The Balaban J connectivity index is 2.93. The minimum atomic E-state index is -0.666. The van der Waals surface area contributed by atoms with Crippen LogP contribution in [0.3, 0.4) is 0 Å². The standard InChI is InChI=1S/C29H49N3O3S2/c1-7-10-15-23(25(33)18-22-14-12-13-17-27(22)37(36)9-3)31-19-26(34)24(16-11-8-2)32-29(35)28(30)21(6)20(4)5/h12-14,17,20-21,23-24,28,31H,7-11,15-16,18-19,30H2,1-6H3,(H,32,35)/t21-,23+,24+,28+,37?/m1/s1. The second-order valence-corrected chi connectivity index (χ2v) is 13.2. The van der Waals surface area contributed by atoms with Crippen LogP contribution >= 0.6 is 0 Å². The van der Waals surface area contributed by atoms with Gasteiger partial charge in [0.2, 0.25) is 5.91 Å². The van der Waals surface area contributed by atoms with E-state index in [-0.39, 0.29) is 45.3 Å². The van der Waals surface area contributed by atoms with Crippen LogP contribution in [0.5, 0.6) is 0 Å². The van der Waals surface area contributed by atoms with Gasteiger partial charge in [0.15, 0.2) is 11.6 Å². The van der Waals surface area contributed by atoms with Crippen LogP contribution in [0.15, 0.2) is 29.2 Å². The Morgan fingerprint density at radius 2 is 1.54 bits per heavy atom. The smallest absolute Gasteiger partial charge is 0.237 e. The third-order valence-corrected chi connectivity index (χ3v) is 9.73. The first kappa shape index (κ1) is 33.5. The zero-order chi connectivity index (χ0) is 28.0. The predicted molar refractivity (Wildman–Crippen MR) is 158 cm³/mol. The van der Waals surface area contributed by atoms with Gasteiger partial charge in [-0.25, -0.2) is 0 Å². The predicted octanol–water partition coefficient (Wildman–Crippen LogP) is 4.27. The van der Waals surface area contributed by atoms with Crippen molar-refractivity contribution in [3.63, 3.8) is 0 Å². The zero-order valence-electron chi connectivity index (χ0n) is 23.7. The molecule has 210 valence electrons. The number of ketones is 2. The maximum atomic E-state index is 13.4. The molecule has 0 aliphatic carbocycles. The minimum Gasteiger partial charge on any atom is -0.345 e. The van der Waals surface area contributed by atoms with Crippen molar-refractivity contribution in [1.29, 1.82) is 0 Å². The number of nitrogens with one attached hydrogen (secondary N) is 2. The number of rotatable bonds is 19. The van der Waals surface area contributed by atoms with E-state index >= 15 is 0 Å². The van der Waals surface area contributed by atoms with Crippen LogP contribution in [0.1, 0.15) is 85.6 Å². The molecule has 0 bridgehead atoms. The van der Waals surface area contributed by atoms with Crippen molar-refractivity contribution in [3.8, 4) is 0 Å². The molecule has 1 amide bonds. The van der Waals surface area contributed by atoms with Crippen molar-refractivity contribution in [2.75, 3.05) is 12.3 Å². The van der Waals surface area contributed by atoms with E-state index in [0.717, 1.165) is 41.9 Å². The molecule has 0 saturated heterocycles. The molecule has 1 unspecified atom stereocenters. The van der Waals surface area contributed by atoms with E-state index in [9.17, 15) is 14.4 Å². The number of amides is 1. The molecular formula is C29H49N3O3S2. The summed E-state index contributed by atoms with van der Waals surface area (Å²) in [5, 5.41) is 6.13. The molecule has 4 N–H and O–H groups in total. The fraction of sp³-hybridized carbons (Fsp3) is 0.690. The summed E-state index contributed by atoms with van der Waals surface area (Å²) in [5.41, 5.74) is 7.16. The monoisotopic (exact) mass is 551 g/mol. The van der Waals surface area contributed by atoms with Crippen molar-refractivity contribution < 1.29 is 14.4 Å². The molecule has 0 aliphatic rings. The molecule has 0 saturated carbocycles. The minimum absolute atomic E-state index is 0.00187. The summed E-state index contributed by atoms with van der Waals surface area (Å²) in [4.78, 5) is 40.4. The summed E-state index contributed by atoms with van der Waals surface area (Å²) in [6.07, 6.45) is 5.11. The summed E-state index contributed by atoms with van der Waals surface area (Å²) in [6, 6.07) is 6.21. The molecule has 1 aromatic rings. The summed E-state index contributed by atoms with van der Waals surface area (Å²) in [6.45, 7) is 12.3. The van der Waals surface area contributed by atoms with E-state index in [1.54, 1.807) is 0 Å². The lowest BCUT2D eigenvalue weighted by Gasteiger charge is -2.26. The van der Waals surface area contributed by atoms with Gasteiger partial charge < -0.3 is 16.4 Å². The number of hydrogen-bond donors (Lipinski definition) is 3. The van der Waals surface area contributed by atoms with Crippen LogP contribution in [0, 0.1) is 11.8 Å². The third-order valence-electron chi connectivity index (χ3n) is 7.07. The molecule has 1 aromatic carbocycles. The molecule has 0 aromatic heterocycles. The average molecular weight is 552 g/mol. The Morgan fingerprint density at radius 3 is 2.11 bits per heavy atom. The van der Waals surface area contributed by atoms with E-state index in [1.165, 1.54) is 0 Å². The normalized spacial score (nSPS) is 15.6. The van der Waals surface area contributed by atoms with Gasteiger partial charge >= 0.3 is 0 Å². The maximum absolute atomic E-state index is 13.4. The van der Waals surface area contributed by atoms with Crippen LogP contribution in [0.4, 0.5) is 0 Å². The number of carbonyl (C=O) groups is 3. The molecule has 6 nitrogen and oxygen atoms in total. The summed E-state index contributed by atoms with van der Waals surface area (Å²) in [7, 11) is -0.318.